The van der Waals surface area contributed by atoms with Gasteiger partial charge in [-0.25, -0.2) is 4.39 Å². The molecule has 2 aliphatic rings. The molecular weight excluding hydrogens is 381 g/mol. The molecule has 27 heavy (non-hydrogen) atoms. The molecule has 4 nitrogen and oxygen atoms in total. The highest BCUT2D eigenvalue weighted by Gasteiger charge is 2.28. The van der Waals surface area contributed by atoms with Crippen molar-refractivity contribution in [2.24, 2.45) is 0 Å². The standard InChI is InChI=1S/C20H24FN3OS2/c21-17-10-4-3-9-16(17)20-23-22-19(27-20)14-6-5-11-24(12-14)18(25)13-26-15-7-1-2-8-15/h3-4,9-10,14-15H,1-2,5-8,11-13H2. The summed E-state index contributed by atoms with van der Waals surface area (Å²) in [5.41, 5.74) is 0.498. The third-order valence-corrected chi connectivity index (χ3v) is 7.89. The highest BCUT2D eigenvalue weighted by Crippen LogP contribution is 2.34. The molecule has 1 atom stereocenters. The number of rotatable bonds is 5. The van der Waals surface area contributed by atoms with Crippen LogP contribution in [0.3, 0.4) is 0 Å². The number of hydrogen-bond acceptors (Lipinski definition) is 5. The summed E-state index contributed by atoms with van der Waals surface area (Å²) in [6.07, 6.45) is 7.11. The van der Waals surface area contributed by atoms with Gasteiger partial charge in [-0.1, -0.05) is 36.3 Å². The van der Waals surface area contributed by atoms with Crippen LogP contribution in [0.5, 0.6) is 0 Å². The van der Waals surface area contributed by atoms with Crippen LogP contribution in [0.15, 0.2) is 24.3 Å². The van der Waals surface area contributed by atoms with Gasteiger partial charge in [-0.2, -0.15) is 0 Å². The molecule has 1 aliphatic heterocycles. The van der Waals surface area contributed by atoms with Crippen LogP contribution < -0.4 is 0 Å². The van der Waals surface area contributed by atoms with Gasteiger partial charge in [-0.15, -0.1) is 22.0 Å². The summed E-state index contributed by atoms with van der Waals surface area (Å²) in [5, 5.41) is 10.7. The molecule has 4 rings (SSSR count). The Morgan fingerprint density at radius 2 is 2.00 bits per heavy atom. The Morgan fingerprint density at radius 1 is 1.19 bits per heavy atom. The van der Waals surface area contributed by atoms with Crippen molar-refractivity contribution in [1.29, 1.82) is 0 Å². The number of nitrogens with zero attached hydrogens (tertiary/aromatic N) is 3. The van der Waals surface area contributed by atoms with Gasteiger partial charge in [0.05, 0.1) is 5.75 Å². The molecule has 7 heteroatoms. The summed E-state index contributed by atoms with van der Waals surface area (Å²) < 4.78 is 14.0. The number of thioether (sulfide) groups is 1. The summed E-state index contributed by atoms with van der Waals surface area (Å²) in [6.45, 7) is 1.54. The fourth-order valence-corrected chi connectivity index (χ4v) is 6.11. The van der Waals surface area contributed by atoms with Gasteiger partial charge in [-0.05, 0) is 37.8 Å². The molecule has 2 fully saturated rings. The number of benzene rings is 1. The Labute approximate surface area is 167 Å². The van der Waals surface area contributed by atoms with Crippen molar-refractivity contribution in [3.8, 4) is 10.6 Å². The first-order valence-corrected chi connectivity index (χ1v) is 11.5. The quantitative estimate of drug-likeness (QED) is 0.722. The fourth-order valence-electron chi connectivity index (χ4n) is 3.88. The Hall–Kier alpha value is -1.47. The van der Waals surface area contributed by atoms with Crippen LogP contribution in [0, 0.1) is 5.82 Å². The zero-order valence-electron chi connectivity index (χ0n) is 15.3. The molecule has 1 saturated heterocycles. The van der Waals surface area contributed by atoms with Crippen molar-refractivity contribution in [3.63, 3.8) is 0 Å². The lowest BCUT2D eigenvalue weighted by Crippen LogP contribution is -2.40. The minimum atomic E-state index is -0.274. The molecule has 0 bridgehead atoms. The number of carbonyl (C=O) groups is 1. The molecule has 1 aromatic heterocycles. The van der Waals surface area contributed by atoms with E-state index in [0.717, 1.165) is 24.4 Å². The van der Waals surface area contributed by atoms with E-state index < -0.39 is 0 Å². The summed E-state index contributed by atoms with van der Waals surface area (Å²) >= 11 is 3.28. The van der Waals surface area contributed by atoms with Gasteiger partial charge >= 0.3 is 0 Å². The monoisotopic (exact) mass is 405 g/mol. The van der Waals surface area contributed by atoms with E-state index in [0.29, 0.717) is 28.1 Å². The van der Waals surface area contributed by atoms with Gasteiger partial charge in [0.1, 0.15) is 10.8 Å². The molecular formula is C20H24FN3OS2. The van der Waals surface area contributed by atoms with Gasteiger partial charge < -0.3 is 4.90 Å². The number of carbonyl (C=O) groups excluding carboxylic acids is 1. The molecule has 144 valence electrons. The zero-order valence-corrected chi connectivity index (χ0v) is 16.9. The van der Waals surface area contributed by atoms with Gasteiger partial charge in [0.15, 0.2) is 5.01 Å². The normalized spacial score (nSPS) is 20.9. The van der Waals surface area contributed by atoms with Crippen molar-refractivity contribution in [2.45, 2.75) is 49.7 Å². The van der Waals surface area contributed by atoms with E-state index in [4.69, 9.17) is 0 Å². The minimum Gasteiger partial charge on any atom is -0.341 e. The molecule has 2 aromatic rings. The topological polar surface area (TPSA) is 46.1 Å². The van der Waals surface area contributed by atoms with Gasteiger partial charge in [0.25, 0.3) is 0 Å². The summed E-state index contributed by atoms with van der Waals surface area (Å²) in [5.74, 6) is 0.769. The maximum absolute atomic E-state index is 14.0. The Kier molecular flexibility index (Phi) is 6.08. The van der Waals surface area contributed by atoms with E-state index in [9.17, 15) is 9.18 Å². The van der Waals surface area contributed by atoms with Gasteiger partial charge in [0, 0.05) is 29.8 Å². The molecule has 1 saturated carbocycles. The predicted molar refractivity (Wildman–Crippen MR) is 109 cm³/mol. The van der Waals surface area contributed by atoms with Crippen LogP contribution in [0.25, 0.3) is 10.6 Å². The van der Waals surface area contributed by atoms with Crippen molar-refractivity contribution in [2.75, 3.05) is 18.8 Å². The second-order valence-electron chi connectivity index (χ2n) is 7.32. The predicted octanol–water partition coefficient (Wildman–Crippen LogP) is 4.73. The summed E-state index contributed by atoms with van der Waals surface area (Å²) in [6, 6.07) is 6.66. The second kappa shape index (κ2) is 8.69. The first kappa shape index (κ1) is 18.9. The highest BCUT2D eigenvalue weighted by atomic mass is 32.2. The van der Waals surface area contributed by atoms with Crippen LogP contribution in [0.4, 0.5) is 4.39 Å². The number of likely N-dealkylation sites (tertiary alicyclic amines) is 1. The molecule has 0 radical (unpaired) electrons. The maximum atomic E-state index is 14.0. The lowest BCUT2D eigenvalue weighted by atomic mass is 9.99. The van der Waals surface area contributed by atoms with E-state index in [1.807, 2.05) is 22.7 Å². The van der Waals surface area contributed by atoms with E-state index in [-0.39, 0.29) is 17.6 Å². The van der Waals surface area contributed by atoms with E-state index in [1.165, 1.54) is 43.1 Å². The van der Waals surface area contributed by atoms with E-state index in [1.54, 1.807) is 12.1 Å². The van der Waals surface area contributed by atoms with E-state index in [2.05, 4.69) is 10.2 Å². The summed E-state index contributed by atoms with van der Waals surface area (Å²) in [7, 11) is 0. The van der Waals surface area contributed by atoms with Crippen LogP contribution in [0.2, 0.25) is 0 Å². The van der Waals surface area contributed by atoms with Crippen molar-refractivity contribution in [1.82, 2.24) is 15.1 Å². The third kappa shape index (κ3) is 4.51. The van der Waals surface area contributed by atoms with Crippen LogP contribution in [0.1, 0.15) is 49.5 Å². The Morgan fingerprint density at radius 3 is 2.81 bits per heavy atom. The smallest absolute Gasteiger partial charge is 0.232 e. The van der Waals surface area contributed by atoms with Crippen LogP contribution in [-0.2, 0) is 4.79 Å². The number of amides is 1. The van der Waals surface area contributed by atoms with Crippen molar-refractivity contribution < 1.29 is 9.18 Å². The number of halogens is 1. The lowest BCUT2D eigenvalue weighted by molar-refractivity contribution is -0.129. The first-order valence-electron chi connectivity index (χ1n) is 9.68. The molecule has 2 heterocycles. The summed E-state index contributed by atoms with van der Waals surface area (Å²) in [4.78, 5) is 14.6. The molecule has 1 aromatic carbocycles. The highest BCUT2D eigenvalue weighted by molar-refractivity contribution is 8.00. The van der Waals surface area contributed by atoms with Crippen LogP contribution in [-0.4, -0.2) is 45.1 Å². The fraction of sp³-hybridized carbons (Fsp3) is 0.550. The molecule has 1 unspecified atom stereocenters. The van der Waals surface area contributed by atoms with Gasteiger partial charge in [-0.3, -0.25) is 4.79 Å². The van der Waals surface area contributed by atoms with Crippen molar-refractivity contribution in [3.05, 3.63) is 35.1 Å². The third-order valence-electron chi connectivity index (χ3n) is 5.41. The van der Waals surface area contributed by atoms with Gasteiger partial charge in [0.2, 0.25) is 5.91 Å². The largest absolute Gasteiger partial charge is 0.341 e. The average Bonchev–Trinajstić information content (AvgIpc) is 3.39. The SMILES string of the molecule is O=C(CSC1CCCC1)N1CCCC(c2nnc(-c3ccccc3F)s2)C1. The lowest BCUT2D eigenvalue weighted by Gasteiger charge is -2.31. The minimum absolute atomic E-state index is 0.206. The number of aromatic nitrogens is 2. The molecule has 1 aliphatic carbocycles. The number of piperidine rings is 1. The molecule has 0 N–H and O–H groups in total. The average molecular weight is 406 g/mol. The number of hydrogen-bond donors (Lipinski definition) is 0. The molecule has 0 spiro atoms. The van der Waals surface area contributed by atoms with E-state index >= 15 is 0 Å². The second-order valence-corrected chi connectivity index (χ2v) is 9.62. The maximum Gasteiger partial charge on any atom is 0.232 e. The van der Waals surface area contributed by atoms with Crippen molar-refractivity contribution >= 4 is 29.0 Å². The zero-order chi connectivity index (χ0) is 18.6. The Bertz CT molecular complexity index is 791. The first-order chi connectivity index (χ1) is 13.2. The Balaban J connectivity index is 1.38. The molecule has 1 amide bonds. The van der Waals surface area contributed by atoms with Crippen LogP contribution >= 0.6 is 23.1 Å².